The number of hydrogen-bond acceptors (Lipinski definition) is 13. The van der Waals surface area contributed by atoms with Gasteiger partial charge in [0.25, 0.3) is 15.9 Å². The summed E-state index contributed by atoms with van der Waals surface area (Å²) in [7, 11) is -3.80. The molecule has 0 aliphatic carbocycles. The maximum atomic E-state index is 12.4. The van der Waals surface area contributed by atoms with Crippen LogP contribution >= 0.6 is 0 Å². The molecule has 3 aromatic rings. The summed E-state index contributed by atoms with van der Waals surface area (Å²) in [5, 5.41) is 10.8. The molecule has 2 aromatic carbocycles. The van der Waals surface area contributed by atoms with Crippen molar-refractivity contribution in [3.63, 3.8) is 0 Å². The number of benzene rings is 2. The molecular weight excluding hydrogens is 726 g/mol. The molecule has 0 aliphatic heterocycles. The Hall–Kier alpha value is -5.07. The Morgan fingerprint density at radius 3 is 1.83 bits per heavy atom. The van der Waals surface area contributed by atoms with Crippen molar-refractivity contribution in [1.29, 1.82) is 0 Å². The van der Waals surface area contributed by atoms with Gasteiger partial charge in [-0.3, -0.25) is 23.9 Å². The Morgan fingerprint density at radius 1 is 0.685 bits per heavy atom. The number of pyridine rings is 1. The highest BCUT2D eigenvalue weighted by molar-refractivity contribution is 7.92. The number of amides is 1. The van der Waals surface area contributed by atoms with Gasteiger partial charge >= 0.3 is 5.97 Å². The molecule has 3 rings (SSSR count). The van der Waals surface area contributed by atoms with Gasteiger partial charge in [0.05, 0.1) is 43.4 Å². The first-order valence-corrected chi connectivity index (χ1v) is 18.5. The number of carboxylic acids is 1. The number of Topliss-reactive ketones (excluding diaryl/α,β-unsaturated/α-hetero) is 3. The molecule has 0 fully saturated rings. The van der Waals surface area contributed by atoms with Crippen molar-refractivity contribution in [2.75, 3.05) is 70.7 Å². The summed E-state index contributed by atoms with van der Waals surface area (Å²) in [6, 6.07) is 19.4. The van der Waals surface area contributed by atoms with Gasteiger partial charge < -0.3 is 34.1 Å². The van der Waals surface area contributed by atoms with Crippen molar-refractivity contribution >= 4 is 45.1 Å². The number of sulfonamides is 1. The van der Waals surface area contributed by atoms with E-state index >= 15 is 0 Å². The molecule has 294 valence electrons. The molecule has 0 aliphatic rings. The third-order valence-corrected chi connectivity index (χ3v) is 8.04. The fourth-order valence-electron chi connectivity index (χ4n) is 4.07. The van der Waals surface area contributed by atoms with E-state index in [0.29, 0.717) is 51.4 Å². The first-order valence-electron chi connectivity index (χ1n) is 17.0. The molecule has 16 nitrogen and oxygen atoms in total. The van der Waals surface area contributed by atoms with Crippen LogP contribution in [-0.4, -0.2) is 114 Å². The lowest BCUT2D eigenvalue weighted by molar-refractivity contribution is -0.139. The van der Waals surface area contributed by atoms with Crippen molar-refractivity contribution in [2.45, 2.75) is 37.5 Å². The highest BCUT2D eigenvalue weighted by atomic mass is 32.2. The number of carboxylic acid groups (broad SMARTS) is 1. The van der Waals surface area contributed by atoms with Crippen LogP contribution in [0.3, 0.4) is 0 Å². The zero-order valence-electron chi connectivity index (χ0n) is 30.1. The van der Waals surface area contributed by atoms with E-state index in [1.165, 1.54) is 37.4 Å². The summed E-state index contributed by atoms with van der Waals surface area (Å²) >= 11 is 0. The molecule has 3 N–H and O–H groups in total. The quantitative estimate of drug-likeness (QED) is 0.0948. The Balaban J connectivity index is 0.000000780. The highest BCUT2D eigenvalue weighted by Gasteiger charge is 2.15. The normalized spacial score (nSPS) is 10.8. The Morgan fingerprint density at radius 2 is 1.26 bits per heavy atom. The predicted molar refractivity (Wildman–Crippen MR) is 196 cm³/mol. The van der Waals surface area contributed by atoms with Crippen molar-refractivity contribution in [2.24, 2.45) is 0 Å². The second kappa shape index (κ2) is 26.7. The number of carbonyl (C=O) groups excluding carboxylic acids is 4. The zero-order chi connectivity index (χ0) is 39.4. The summed E-state index contributed by atoms with van der Waals surface area (Å²) in [6.07, 6.45) is 2.81. The van der Waals surface area contributed by atoms with Crippen LogP contribution < -0.4 is 14.8 Å². The van der Waals surface area contributed by atoms with Gasteiger partial charge in [-0.05, 0) is 56.2 Å². The van der Waals surface area contributed by atoms with Gasteiger partial charge in [-0.1, -0.05) is 36.4 Å². The van der Waals surface area contributed by atoms with Crippen molar-refractivity contribution < 1.29 is 61.2 Å². The molecule has 1 heterocycles. The number of anilines is 1. The highest BCUT2D eigenvalue weighted by Crippen LogP contribution is 2.14. The molecule has 0 radical (unpaired) electrons. The molecular formula is C37H47N3O13S. The van der Waals surface area contributed by atoms with Gasteiger partial charge in [0.15, 0.2) is 24.0 Å². The van der Waals surface area contributed by atoms with Gasteiger partial charge in [0.1, 0.15) is 24.8 Å². The van der Waals surface area contributed by atoms with E-state index in [1.54, 1.807) is 42.5 Å². The zero-order valence-corrected chi connectivity index (χ0v) is 30.9. The number of ether oxygens (including phenoxy) is 5. The molecule has 0 spiro atoms. The van der Waals surface area contributed by atoms with E-state index < -0.39 is 21.9 Å². The van der Waals surface area contributed by atoms with Gasteiger partial charge in [-0.25, -0.2) is 18.2 Å². The van der Waals surface area contributed by atoms with Crippen LogP contribution in [0, 0.1) is 0 Å². The number of rotatable bonds is 27. The minimum atomic E-state index is -3.80. The minimum absolute atomic E-state index is 0.00911. The molecule has 0 saturated carbocycles. The molecule has 17 heteroatoms. The fourth-order valence-corrected chi connectivity index (χ4v) is 5.10. The summed E-state index contributed by atoms with van der Waals surface area (Å²) < 4.78 is 53.1. The lowest BCUT2D eigenvalue weighted by atomic mass is 10.2. The Bertz CT molecular complexity index is 1670. The van der Waals surface area contributed by atoms with E-state index in [-0.39, 0.29) is 79.6 Å². The lowest BCUT2D eigenvalue weighted by Crippen LogP contribution is -2.29. The van der Waals surface area contributed by atoms with Crippen LogP contribution in [0.15, 0.2) is 83.9 Å². The third kappa shape index (κ3) is 21.5. The molecule has 0 bridgehead atoms. The van der Waals surface area contributed by atoms with Crippen LogP contribution in [-0.2, 0) is 48.1 Å². The largest absolute Gasteiger partial charge is 0.482 e. The molecule has 1 aromatic heterocycles. The maximum absolute atomic E-state index is 12.4. The van der Waals surface area contributed by atoms with Gasteiger partial charge in [0, 0.05) is 32.3 Å². The Labute approximate surface area is 314 Å². The van der Waals surface area contributed by atoms with Gasteiger partial charge in [-0.2, -0.15) is 0 Å². The summed E-state index contributed by atoms with van der Waals surface area (Å²) in [4.78, 5) is 61.0. The standard InChI is InChI=1S/C29H39N3O10S.C8H8O3/c1-23(33)21-41-17-15-40-14-6-8-26(35)22-42-18-16-39-13-5-7-25(34)20-31-29(36)24-11-12-28(30-19-24)32-43(37,38)27-9-3-2-4-10-27;9-8(10)6-11-7-4-2-1-3-5-7/h2-4,9-12,19H,5-8,13-18,20-22H2,1H3,(H,30,32)(H,31,36);1-5H,6H2,(H,9,10). The van der Waals surface area contributed by atoms with Crippen LogP contribution in [0.25, 0.3) is 0 Å². The van der Waals surface area contributed by atoms with Crippen LogP contribution in [0.2, 0.25) is 0 Å². The first kappa shape index (κ1) is 45.1. The van der Waals surface area contributed by atoms with Crippen LogP contribution in [0.1, 0.15) is 43.0 Å². The van der Waals surface area contributed by atoms with E-state index in [9.17, 15) is 32.4 Å². The molecule has 0 unspecified atom stereocenters. The summed E-state index contributed by atoms with van der Waals surface area (Å²) in [6.45, 7) is 3.05. The molecule has 1 amide bonds. The Kier molecular flexibility index (Phi) is 22.3. The fraction of sp³-hybridized carbons (Fsp3) is 0.405. The van der Waals surface area contributed by atoms with E-state index in [4.69, 9.17) is 28.8 Å². The second-order valence-corrected chi connectivity index (χ2v) is 13.0. The SMILES string of the molecule is CC(=O)COCCOCCCC(=O)COCCOCCCC(=O)CNC(=O)c1ccc(NS(=O)(=O)c2ccccc2)nc1.O=C(O)COc1ccccc1. The van der Waals surface area contributed by atoms with Gasteiger partial charge in [0.2, 0.25) is 0 Å². The summed E-state index contributed by atoms with van der Waals surface area (Å²) in [5.41, 5.74) is 0.179. The molecule has 0 atom stereocenters. The van der Waals surface area contributed by atoms with E-state index in [1.807, 2.05) is 6.07 Å². The minimum Gasteiger partial charge on any atom is -0.482 e. The number of aromatic nitrogens is 1. The van der Waals surface area contributed by atoms with Crippen LogP contribution in [0.4, 0.5) is 5.82 Å². The smallest absolute Gasteiger partial charge is 0.341 e. The van der Waals surface area contributed by atoms with E-state index in [0.717, 1.165) is 0 Å². The second-order valence-electron chi connectivity index (χ2n) is 11.3. The average Bonchev–Trinajstić information content (AvgIpc) is 3.16. The average molecular weight is 774 g/mol. The van der Waals surface area contributed by atoms with E-state index in [2.05, 4.69) is 15.0 Å². The summed E-state index contributed by atoms with van der Waals surface area (Å²) in [5.74, 6) is -1.09. The lowest BCUT2D eigenvalue weighted by Gasteiger charge is -2.08. The number of para-hydroxylation sites is 1. The van der Waals surface area contributed by atoms with Crippen LogP contribution in [0.5, 0.6) is 5.75 Å². The molecule has 0 saturated heterocycles. The third-order valence-electron chi connectivity index (χ3n) is 6.67. The van der Waals surface area contributed by atoms with Crippen molar-refractivity contribution in [3.05, 3.63) is 84.6 Å². The van der Waals surface area contributed by atoms with Crippen molar-refractivity contribution in [3.8, 4) is 5.75 Å². The monoisotopic (exact) mass is 773 g/mol. The number of ketones is 3. The first-order chi connectivity index (χ1) is 26.0. The predicted octanol–water partition coefficient (Wildman–Crippen LogP) is 3.12. The maximum Gasteiger partial charge on any atom is 0.341 e. The number of nitrogens with one attached hydrogen (secondary N) is 2. The van der Waals surface area contributed by atoms with Crippen molar-refractivity contribution in [1.82, 2.24) is 10.3 Å². The number of carbonyl (C=O) groups is 5. The number of nitrogens with zero attached hydrogens (tertiary/aromatic N) is 1. The topological polar surface area (TPSA) is 223 Å². The van der Waals surface area contributed by atoms with Gasteiger partial charge in [-0.15, -0.1) is 0 Å². The number of aliphatic carboxylic acids is 1. The molecule has 54 heavy (non-hydrogen) atoms. The number of hydrogen-bond donors (Lipinski definition) is 3.